The SMILES string of the molecule is CCCCC(NC(C)=O)C(O)C(=O)O. The van der Waals surface area contributed by atoms with E-state index in [0.717, 1.165) is 12.8 Å². The van der Waals surface area contributed by atoms with Crippen LogP contribution in [0.1, 0.15) is 33.1 Å². The van der Waals surface area contributed by atoms with Gasteiger partial charge in [0.25, 0.3) is 0 Å². The topological polar surface area (TPSA) is 86.6 Å². The Balaban J connectivity index is 4.22. The molecule has 0 aromatic rings. The third-order valence-corrected chi connectivity index (χ3v) is 1.89. The van der Waals surface area contributed by atoms with Crippen molar-refractivity contribution in [3.63, 3.8) is 0 Å². The zero-order valence-electron chi connectivity index (χ0n) is 8.49. The fourth-order valence-corrected chi connectivity index (χ4v) is 1.17. The van der Waals surface area contributed by atoms with E-state index >= 15 is 0 Å². The normalized spacial score (nSPS) is 14.5. The fraction of sp³-hybridized carbons (Fsp3) is 0.778. The van der Waals surface area contributed by atoms with E-state index in [9.17, 15) is 14.7 Å². The van der Waals surface area contributed by atoms with Crippen molar-refractivity contribution in [3.8, 4) is 0 Å². The lowest BCUT2D eigenvalue weighted by atomic mass is 10.0. The van der Waals surface area contributed by atoms with Gasteiger partial charge in [-0.2, -0.15) is 0 Å². The van der Waals surface area contributed by atoms with Crippen LogP contribution in [0.5, 0.6) is 0 Å². The maximum Gasteiger partial charge on any atom is 0.334 e. The molecule has 2 unspecified atom stereocenters. The van der Waals surface area contributed by atoms with Crippen LogP contribution in [0.25, 0.3) is 0 Å². The Labute approximate surface area is 83.1 Å². The van der Waals surface area contributed by atoms with Gasteiger partial charge in [0.05, 0.1) is 6.04 Å². The molecule has 2 atom stereocenters. The molecule has 0 spiro atoms. The largest absolute Gasteiger partial charge is 0.479 e. The minimum atomic E-state index is -1.52. The number of carbonyl (C=O) groups is 2. The highest BCUT2D eigenvalue weighted by molar-refractivity contribution is 5.77. The number of unbranched alkanes of at least 4 members (excludes halogenated alkanes) is 1. The summed E-state index contributed by atoms with van der Waals surface area (Å²) in [5.74, 6) is -1.63. The van der Waals surface area contributed by atoms with E-state index in [1.807, 2.05) is 6.92 Å². The zero-order chi connectivity index (χ0) is 11.1. The highest BCUT2D eigenvalue weighted by atomic mass is 16.4. The van der Waals surface area contributed by atoms with Crippen LogP contribution in [0.2, 0.25) is 0 Å². The first-order valence-corrected chi connectivity index (χ1v) is 4.67. The van der Waals surface area contributed by atoms with Gasteiger partial charge in [0, 0.05) is 6.92 Å². The monoisotopic (exact) mass is 203 g/mol. The van der Waals surface area contributed by atoms with Gasteiger partial charge in [0.15, 0.2) is 6.10 Å². The predicted octanol–water partition coefficient (Wildman–Crippen LogP) is 0.127. The number of aliphatic hydroxyl groups excluding tert-OH is 1. The highest BCUT2D eigenvalue weighted by Crippen LogP contribution is 2.05. The Morgan fingerprint density at radius 3 is 2.36 bits per heavy atom. The van der Waals surface area contributed by atoms with Crippen molar-refractivity contribution in [2.24, 2.45) is 0 Å². The number of aliphatic hydroxyl groups is 1. The van der Waals surface area contributed by atoms with Gasteiger partial charge < -0.3 is 15.5 Å². The average Bonchev–Trinajstić information content (AvgIpc) is 2.10. The van der Waals surface area contributed by atoms with Crippen molar-refractivity contribution in [2.75, 3.05) is 0 Å². The van der Waals surface area contributed by atoms with E-state index in [0.29, 0.717) is 6.42 Å². The predicted molar refractivity (Wildman–Crippen MR) is 50.8 cm³/mol. The second-order valence-electron chi connectivity index (χ2n) is 3.23. The molecule has 0 aliphatic heterocycles. The fourth-order valence-electron chi connectivity index (χ4n) is 1.17. The summed E-state index contributed by atoms with van der Waals surface area (Å²) in [6, 6.07) is -0.690. The third kappa shape index (κ3) is 4.81. The standard InChI is InChI=1S/C9H17NO4/c1-3-4-5-7(10-6(2)11)8(12)9(13)14/h7-8,12H,3-5H2,1-2H3,(H,10,11)(H,13,14). The van der Waals surface area contributed by atoms with Crippen LogP contribution in [0.4, 0.5) is 0 Å². The molecular formula is C9H17NO4. The Morgan fingerprint density at radius 1 is 1.43 bits per heavy atom. The number of aliphatic carboxylic acids is 1. The summed E-state index contributed by atoms with van der Waals surface area (Å²) in [7, 11) is 0. The number of carboxylic acids is 1. The van der Waals surface area contributed by atoms with Crippen LogP contribution in [-0.4, -0.2) is 34.2 Å². The summed E-state index contributed by atoms with van der Waals surface area (Å²) in [4.78, 5) is 21.2. The van der Waals surface area contributed by atoms with Crippen LogP contribution in [0, 0.1) is 0 Å². The van der Waals surface area contributed by atoms with Crippen molar-refractivity contribution in [2.45, 2.75) is 45.3 Å². The minimum absolute atomic E-state index is 0.327. The molecule has 0 aliphatic rings. The lowest BCUT2D eigenvalue weighted by molar-refractivity contribution is -0.148. The van der Waals surface area contributed by atoms with Crippen LogP contribution in [0.3, 0.4) is 0 Å². The number of carbonyl (C=O) groups excluding carboxylic acids is 1. The third-order valence-electron chi connectivity index (χ3n) is 1.89. The van der Waals surface area contributed by atoms with E-state index in [4.69, 9.17) is 5.11 Å². The summed E-state index contributed by atoms with van der Waals surface area (Å²) in [5, 5.41) is 20.2. The molecule has 3 N–H and O–H groups in total. The van der Waals surface area contributed by atoms with E-state index < -0.39 is 18.1 Å². The second kappa shape index (κ2) is 6.37. The summed E-state index contributed by atoms with van der Waals surface area (Å²) in [6.45, 7) is 3.26. The number of hydrogen-bond donors (Lipinski definition) is 3. The molecular weight excluding hydrogens is 186 g/mol. The van der Waals surface area contributed by atoms with Gasteiger partial charge in [0.2, 0.25) is 5.91 Å². The first-order chi connectivity index (χ1) is 6.49. The molecule has 1 amide bonds. The second-order valence-corrected chi connectivity index (χ2v) is 3.23. The number of carboxylic acid groups (broad SMARTS) is 1. The zero-order valence-corrected chi connectivity index (χ0v) is 8.49. The maximum absolute atomic E-state index is 10.7. The number of rotatable bonds is 6. The molecule has 0 aliphatic carbocycles. The Hall–Kier alpha value is -1.10. The molecule has 0 heterocycles. The molecule has 5 nitrogen and oxygen atoms in total. The maximum atomic E-state index is 10.7. The van der Waals surface area contributed by atoms with Gasteiger partial charge in [0.1, 0.15) is 0 Å². The molecule has 0 fully saturated rings. The van der Waals surface area contributed by atoms with Crippen molar-refractivity contribution >= 4 is 11.9 Å². The lowest BCUT2D eigenvalue weighted by Gasteiger charge is -2.20. The first-order valence-electron chi connectivity index (χ1n) is 4.67. The molecule has 0 bridgehead atoms. The summed E-state index contributed by atoms with van der Waals surface area (Å²) >= 11 is 0. The number of nitrogens with one attached hydrogen (secondary N) is 1. The molecule has 0 saturated heterocycles. The summed E-state index contributed by atoms with van der Waals surface area (Å²) < 4.78 is 0. The van der Waals surface area contributed by atoms with Crippen LogP contribution < -0.4 is 5.32 Å². The molecule has 0 saturated carbocycles. The molecule has 14 heavy (non-hydrogen) atoms. The number of amides is 1. The summed E-state index contributed by atoms with van der Waals surface area (Å²) in [5.41, 5.74) is 0. The van der Waals surface area contributed by atoms with Crippen molar-refractivity contribution in [1.82, 2.24) is 5.32 Å². The van der Waals surface area contributed by atoms with Gasteiger partial charge >= 0.3 is 5.97 Å². The van der Waals surface area contributed by atoms with Gasteiger partial charge in [-0.15, -0.1) is 0 Å². The van der Waals surface area contributed by atoms with Crippen LogP contribution >= 0.6 is 0 Å². The van der Waals surface area contributed by atoms with Crippen molar-refractivity contribution in [1.29, 1.82) is 0 Å². The highest BCUT2D eigenvalue weighted by Gasteiger charge is 2.25. The van der Waals surface area contributed by atoms with Crippen LogP contribution in [0.15, 0.2) is 0 Å². The molecule has 0 aromatic carbocycles. The Bertz CT molecular complexity index is 205. The quantitative estimate of drug-likeness (QED) is 0.572. The van der Waals surface area contributed by atoms with Crippen molar-refractivity contribution in [3.05, 3.63) is 0 Å². The van der Waals surface area contributed by atoms with E-state index in [-0.39, 0.29) is 5.91 Å². The van der Waals surface area contributed by atoms with Gasteiger partial charge in [-0.05, 0) is 6.42 Å². The van der Waals surface area contributed by atoms with Gasteiger partial charge in [-0.1, -0.05) is 19.8 Å². The van der Waals surface area contributed by atoms with E-state index in [1.54, 1.807) is 0 Å². The van der Waals surface area contributed by atoms with E-state index in [2.05, 4.69) is 5.32 Å². The number of hydrogen-bond acceptors (Lipinski definition) is 3. The Morgan fingerprint density at radius 2 is 2.00 bits per heavy atom. The average molecular weight is 203 g/mol. The van der Waals surface area contributed by atoms with E-state index in [1.165, 1.54) is 6.92 Å². The molecule has 0 radical (unpaired) electrons. The van der Waals surface area contributed by atoms with Gasteiger partial charge in [-0.25, -0.2) is 4.79 Å². The van der Waals surface area contributed by atoms with Crippen LogP contribution in [-0.2, 0) is 9.59 Å². The lowest BCUT2D eigenvalue weighted by Crippen LogP contribution is -2.46. The smallest absolute Gasteiger partial charge is 0.334 e. The summed E-state index contributed by atoms with van der Waals surface area (Å²) in [6.07, 6.45) is 0.617. The first kappa shape index (κ1) is 12.9. The molecule has 0 rings (SSSR count). The molecule has 5 heteroatoms. The minimum Gasteiger partial charge on any atom is -0.479 e. The Kier molecular flexibility index (Phi) is 5.87. The van der Waals surface area contributed by atoms with Gasteiger partial charge in [-0.3, -0.25) is 4.79 Å². The van der Waals surface area contributed by atoms with Crippen molar-refractivity contribution < 1.29 is 19.8 Å². The molecule has 82 valence electrons. The molecule has 0 aromatic heterocycles.